The fourth-order valence-corrected chi connectivity index (χ4v) is 3.00. The third-order valence-corrected chi connectivity index (χ3v) is 4.13. The SMILES string of the molecule is Cc1ccc(-n2nc(CC(C)C)nc2CC2NC(=O)NC2=O)c(C)c1. The summed E-state index contributed by atoms with van der Waals surface area (Å²) in [5, 5.41) is 9.54. The molecule has 1 aromatic carbocycles. The van der Waals surface area contributed by atoms with Crippen molar-refractivity contribution in [1.29, 1.82) is 0 Å². The summed E-state index contributed by atoms with van der Waals surface area (Å²) >= 11 is 0. The number of benzene rings is 1. The lowest BCUT2D eigenvalue weighted by molar-refractivity contribution is -0.120. The number of carbonyl (C=O) groups is 2. The minimum atomic E-state index is -0.617. The predicted octanol–water partition coefficient (Wildman–Crippen LogP) is 1.83. The first kappa shape index (κ1) is 17.1. The largest absolute Gasteiger partial charge is 0.326 e. The van der Waals surface area contributed by atoms with Crippen molar-refractivity contribution < 1.29 is 9.59 Å². The molecule has 1 atom stereocenters. The zero-order valence-corrected chi connectivity index (χ0v) is 15.0. The van der Waals surface area contributed by atoms with Crippen LogP contribution in [-0.4, -0.2) is 32.7 Å². The molecule has 1 unspecified atom stereocenters. The van der Waals surface area contributed by atoms with Crippen molar-refractivity contribution in [2.24, 2.45) is 5.92 Å². The second kappa shape index (κ2) is 6.66. The lowest BCUT2D eigenvalue weighted by atomic mass is 10.1. The number of hydrogen-bond acceptors (Lipinski definition) is 4. The maximum Gasteiger partial charge on any atom is 0.322 e. The maximum absolute atomic E-state index is 11.9. The van der Waals surface area contributed by atoms with E-state index in [4.69, 9.17) is 0 Å². The van der Waals surface area contributed by atoms with Crippen LogP contribution < -0.4 is 10.6 Å². The molecule has 2 aromatic rings. The monoisotopic (exact) mass is 341 g/mol. The molecule has 3 rings (SSSR count). The smallest absolute Gasteiger partial charge is 0.322 e. The standard InChI is InChI=1S/C18H23N5O2/c1-10(2)7-15-20-16(9-13-17(24)21-18(25)19-13)23(22-15)14-6-5-11(3)8-12(14)4/h5-6,8,10,13H,7,9H2,1-4H3,(H2,19,21,24,25). The first-order valence-electron chi connectivity index (χ1n) is 8.47. The first-order valence-corrected chi connectivity index (χ1v) is 8.47. The second-order valence-corrected chi connectivity index (χ2v) is 6.96. The van der Waals surface area contributed by atoms with E-state index in [0.717, 1.165) is 23.5 Å². The molecule has 7 nitrogen and oxygen atoms in total. The van der Waals surface area contributed by atoms with Crippen molar-refractivity contribution in [2.45, 2.75) is 46.6 Å². The van der Waals surface area contributed by atoms with E-state index in [0.29, 0.717) is 18.2 Å². The molecular weight excluding hydrogens is 318 g/mol. The van der Waals surface area contributed by atoms with Crippen LogP contribution in [0.15, 0.2) is 18.2 Å². The van der Waals surface area contributed by atoms with Crippen molar-refractivity contribution in [1.82, 2.24) is 25.4 Å². The fourth-order valence-electron chi connectivity index (χ4n) is 3.00. The van der Waals surface area contributed by atoms with Gasteiger partial charge in [0, 0.05) is 12.8 Å². The summed E-state index contributed by atoms with van der Waals surface area (Å²) in [5.74, 6) is 1.52. The van der Waals surface area contributed by atoms with E-state index in [1.165, 1.54) is 5.56 Å². The minimum absolute atomic E-state index is 0.302. The highest BCUT2D eigenvalue weighted by molar-refractivity contribution is 6.04. The number of urea groups is 1. The fraction of sp³-hybridized carbons (Fsp3) is 0.444. The van der Waals surface area contributed by atoms with Crippen LogP contribution >= 0.6 is 0 Å². The van der Waals surface area contributed by atoms with Gasteiger partial charge in [-0.25, -0.2) is 14.5 Å². The number of amides is 3. The van der Waals surface area contributed by atoms with E-state index in [2.05, 4.69) is 40.6 Å². The highest BCUT2D eigenvalue weighted by Crippen LogP contribution is 2.19. The summed E-state index contributed by atoms with van der Waals surface area (Å²) in [5.41, 5.74) is 3.20. The molecule has 1 aliphatic heterocycles. The van der Waals surface area contributed by atoms with E-state index in [-0.39, 0.29) is 5.91 Å². The Morgan fingerprint density at radius 2 is 2.00 bits per heavy atom. The summed E-state index contributed by atoms with van der Waals surface area (Å²) in [6.45, 7) is 8.30. The van der Waals surface area contributed by atoms with Crippen LogP contribution in [-0.2, 0) is 17.6 Å². The molecule has 0 radical (unpaired) electrons. The van der Waals surface area contributed by atoms with E-state index < -0.39 is 12.1 Å². The van der Waals surface area contributed by atoms with E-state index >= 15 is 0 Å². The first-order chi connectivity index (χ1) is 11.8. The molecule has 0 aliphatic carbocycles. The summed E-state index contributed by atoms with van der Waals surface area (Å²) in [7, 11) is 0. The van der Waals surface area contributed by atoms with Gasteiger partial charge < -0.3 is 5.32 Å². The average Bonchev–Trinajstić information content (AvgIpc) is 3.02. The van der Waals surface area contributed by atoms with Crippen molar-refractivity contribution >= 4 is 11.9 Å². The van der Waals surface area contributed by atoms with Crippen LogP contribution in [0.2, 0.25) is 0 Å². The van der Waals surface area contributed by atoms with Crippen LogP contribution in [0.1, 0.15) is 36.6 Å². The van der Waals surface area contributed by atoms with Crippen LogP contribution in [0.3, 0.4) is 0 Å². The molecule has 3 amide bonds. The van der Waals surface area contributed by atoms with E-state index in [1.807, 2.05) is 26.0 Å². The number of nitrogens with one attached hydrogen (secondary N) is 2. The maximum atomic E-state index is 11.9. The van der Waals surface area contributed by atoms with Crippen LogP contribution in [0.25, 0.3) is 5.69 Å². The van der Waals surface area contributed by atoms with Crippen LogP contribution in [0.5, 0.6) is 0 Å². The Bertz CT molecular complexity index is 825. The molecule has 1 aliphatic rings. The zero-order chi connectivity index (χ0) is 18.1. The summed E-state index contributed by atoms with van der Waals surface area (Å²) in [6.07, 6.45) is 1.06. The lowest BCUT2D eigenvalue weighted by Gasteiger charge is -2.11. The molecule has 0 saturated carbocycles. The summed E-state index contributed by atoms with van der Waals surface area (Å²) in [4.78, 5) is 27.9. The van der Waals surface area contributed by atoms with Gasteiger partial charge in [0.25, 0.3) is 5.91 Å². The predicted molar refractivity (Wildman–Crippen MR) is 93.5 cm³/mol. The number of hydrogen-bond donors (Lipinski definition) is 2. The Balaban J connectivity index is 1.99. The summed E-state index contributed by atoms with van der Waals surface area (Å²) < 4.78 is 1.80. The molecule has 1 fully saturated rings. The van der Waals surface area contributed by atoms with Crippen molar-refractivity contribution in [2.75, 3.05) is 0 Å². The van der Waals surface area contributed by atoms with Gasteiger partial charge in [-0.3, -0.25) is 10.1 Å². The quantitative estimate of drug-likeness (QED) is 0.812. The number of imide groups is 1. The highest BCUT2D eigenvalue weighted by Gasteiger charge is 2.31. The highest BCUT2D eigenvalue weighted by atomic mass is 16.2. The number of aryl methyl sites for hydroxylation is 2. The molecule has 1 saturated heterocycles. The molecular formula is C18H23N5O2. The topological polar surface area (TPSA) is 88.9 Å². The molecule has 0 spiro atoms. The minimum Gasteiger partial charge on any atom is -0.326 e. The average molecular weight is 341 g/mol. The van der Waals surface area contributed by atoms with Gasteiger partial charge >= 0.3 is 6.03 Å². The molecule has 1 aromatic heterocycles. The van der Waals surface area contributed by atoms with Gasteiger partial charge in [0.05, 0.1) is 5.69 Å². The zero-order valence-electron chi connectivity index (χ0n) is 15.0. The number of nitrogens with zero attached hydrogens (tertiary/aromatic N) is 3. The molecule has 2 heterocycles. The molecule has 7 heteroatoms. The van der Waals surface area contributed by atoms with Gasteiger partial charge in [-0.15, -0.1) is 0 Å². The van der Waals surface area contributed by atoms with Gasteiger partial charge in [-0.2, -0.15) is 5.10 Å². The normalized spacial score (nSPS) is 17.1. The number of carbonyl (C=O) groups excluding carboxylic acids is 2. The third-order valence-electron chi connectivity index (χ3n) is 4.13. The number of rotatable bonds is 5. The van der Waals surface area contributed by atoms with Crippen molar-refractivity contribution in [3.8, 4) is 5.69 Å². The van der Waals surface area contributed by atoms with Gasteiger partial charge in [0.15, 0.2) is 5.82 Å². The Morgan fingerprint density at radius 3 is 2.60 bits per heavy atom. The third kappa shape index (κ3) is 3.70. The van der Waals surface area contributed by atoms with Gasteiger partial charge in [0.1, 0.15) is 11.9 Å². The molecule has 25 heavy (non-hydrogen) atoms. The second-order valence-electron chi connectivity index (χ2n) is 6.96. The Labute approximate surface area is 146 Å². The van der Waals surface area contributed by atoms with Gasteiger partial charge in [-0.1, -0.05) is 31.5 Å². The molecule has 2 N–H and O–H groups in total. The van der Waals surface area contributed by atoms with E-state index in [9.17, 15) is 9.59 Å². The van der Waals surface area contributed by atoms with Crippen molar-refractivity contribution in [3.05, 3.63) is 41.0 Å². The Hall–Kier alpha value is -2.70. The van der Waals surface area contributed by atoms with Gasteiger partial charge in [0.2, 0.25) is 0 Å². The van der Waals surface area contributed by atoms with Crippen LogP contribution in [0, 0.1) is 19.8 Å². The van der Waals surface area contributed by atoms with Gasteiger partial charge in [-0.05, 0) is 31.4 Å². The summed E-state index contributed by atoms with van der Waals surface area (Å²) in [6, 6.07) is 5.05. The molecule has 132 valence electrons. The Kier molecular flexibility index (Phi) is 4.57. The molecule has 0 bridgehead atoms. The lowest BCUT2D eigenvalue weighted by Crippen LogP contribution is -2.32. The number of aromatic nitrogens is 3. The van der Waals surface area contributed by atoms with E-state index in [1.54, 1.807) is 4.68 Å². The van der Waals surface area contributed by atoms with Crippen LogP contribution in [0.4, 0.5) is 4.79 Å². The Morgan fingerprint density at radius 1 is 1.24 bits per heavy atom. The van der Waals surface area contributed by atoms with Crippen molar-refractivity contribution in [3.63, 3.8) is 0 Å².